The van der Waals surface area contributed by atoms with E-state index in [1.54, 1.807) is 0 Å². The maximum Gasteiger partial charge on any atom is 0.0111 e. The molecule has 2 heterocycles. The van der Waals surface area contributed by atoms with Gasteiger partial charge in [0.05, 0.1) is 0 Å². The van der Waals surface area contributed by atoms with Crippen LogP contribution in [0.4, 0.5) is 0 Å². The molecule has 2 aliphatic rings. The first-order valence-electron chi connectivity index (χ1n) is 6.95. The van der Waals surface area contributed by atoms with Crippen molar-refractivity contribution in [1.82, 2.24) is 10.2 Å². The van der Waals surface area contributed by atoms with Crippen molar-refractivity contribution in [3.05, 3.63) is 0 Å². The molecule has 16 heavy (non-hydrogen) atoms. The lowest BCUT2D eigenvalue weighted by atomic mass is 10.0. The van der Waals surface area contributed by atoms with Crippen LogP contribution in [0.1, 0.15) is 39.0 Å². The van der Waals surface area contributed by atoms with E-state index in [0.29, 0.717) is 0 Å². The Bertz CT molecular complexity index is 184. The van der Waals surface area contributed by atoms with Crippen LogP contribution in [0, 0.1) is 0 Å². The number of hydrogen-bond acceptors (Lipinski definition) is 3. The van der Waals surface area contributed by atoms with E-state index in [2.05, 4.69) is 28.9 Å². The lowest BCUT2D eigenvalue weighted by Crippen LogP contribution is -2.47. The second-order valence-corrected chi connectivity index (χ2v) is 6.33. The molecule has 2 fully saturated rings. The third-order valence-electron chi connectivity index (χ3n) is 3.92. The van der Waals surface area contributed by atoms with Crippen LogP contribution in [-0.4, -0.2) is 48.1 Å². The zero-order valence-electron chi connectivity index (χ0n) is 10.6. The number of thioether (sulfide) groups is 1. The van der Waals surface area contributed by atoms with Crippen LogP contribution >= 0.6 is 11.8 Å². The molecule has 0 aromatic rings. The zero-order valence-corrected chi connectivity index (χ0v) is 11.4. The van der Waals surface area contributed by atoms with Crippen molar-refractivity contribution in [2.45, 2.75) is 51.1 Å². The molecule has 0 radical (unpaired) electrons. The summed E-state index contributed by atoms with van der Waals surface area (Å²) >= 11 is 2.14. The maximum absolute atomic E-state index is 3.66. The number of nitrogens with zero attached hydrogens (tertiary/aromatic N) is 1. The van der Waals surface area contributed by atoms with Crippen molar-refractivity contribution in [3.63, 3.8) is 0 Å². The lowest BCUT2D eigenvalue weighted by molar-refractivity contribution is 0.136. The Balaban J connectivity index is 1.67. The van der Waals surface area contributed by atoms with E-state index in [1.807, 2.05) is 0 Å². The van der Waals surface area contributed by atoms with Gasteiger partial charge in [0.25, 0.3) is 0 Å². The topological polar surface area (TPSA) is 15.3 Å². The van der Waals surface area contributed by atoms with E-state index < -0.39 is 0 Å². The van der Waals surface area contributed by atoms with Crippen molar-refractivity contribution < 1.29 is 0 Å². The normalized spacial score (nSPS) is 26.1. The van der Waals surface area contributed by atoms with Crippen molar-refractivity contribution in [1.29, 1.82) is 0 Å². The summed E-state index contributed by atoms with van der Waals surface area (Å²) in [6.45, 7) is 6.11. The van der Waals surface area contributed by atoms with Gasteiger partial charge in [0.15, 0.2) is 0 Å². The highest BCUT2D eigenvalue weighted by molar-refractivity contribution is 7.99. The Morgan fingerprint density at radius 1 is 1.12 bits per heavy atom. The third kappa shape index (κ3) is 3.64. The Morgan fingerprint density at radius 3 is 2.44 bits per heavy atom. The van der Waals surface area contributed by atoms with E-state index in [1.165, 1.54) is 63.2 Å². The average Bonchev–Trinajstić information content (AvgIpc) is 2.38. The molecule has 2 rings (SSSR count). The highest BCUT2D eigenvalue weighted by atomic mass is 32.2. The number of rotatable bonds is 4. The van der Waals surface area contributed by atoms with E-state index in [-0.39, 0.29) is 0 Å². The molecule has 1 N–H and O–H groups in total. The molecule has 0 aromatic carbocycles. The predicted octanol–water partition coefficient (Wildman–Crippen LogP) is 2.35. The summed E-state index contributed by atoms with van der Waals surface area (Å²) in [6, 6.07) is 1.71. The molecular formula is C13H26N2S. The van der Waals surface area contributed by atoms with Crippen molar-refractivity contribution in [2.24, 2.45) is 0 Å². The van der Waals surface area contributed by atoms with Crippen molar-refractivity contribution in [3.8, 4) is 0 Å². The molecule has 0 bridgehead atoms. The summed E-state index contributed by atoms with van der Waals surface area (Å²) in [6.07, 6.45) is 6.85. The summed E-state index contributed by atoms with van der Waals surface area (Å²) in [7, 11) is 0. The monoisotopic (exact) mass is 242 g/mol. The number of likely N-dealkylation sites (tertiary alicyclic amines) is 1. The van der Waals surface area contributed by atoms with Crippen molar-refractivity contribution >= 4 is 11.8 Å². The van der Waals surface area contributed by atoms with Crippen LogP contribution in [-0.2, 0) is 0 Å². The fourth-order valence-electron chi connectivity index (χ4n) is 2.87. The Kier molecular flexibility index (Phi) is 5.46. The highest BCUT2D eigenvalue weighted by Gasteiger charge is 2.25. The standard InChI is InChI=1S/C13H26N2S/c1-2-7-14-12-3-8-15(9-4-12)13-5-10-16-11-6-13/h12-14H,2-11H2,1H3. The van der Waals surface area contributed by atoms with Gasteiger partial charge in [0, 0.05) is 12.1 Å². The fourth-order valence-corrected chi connectivity index (χ4v) is 3.95. The fraction of sp³-hybridized carbons (Fsp3) is 1.00. The SMILES string of the molecule is CCCNC1CCN(C2CCSCC2)CC1. The molecule has 2 aliphatic heterocycles. The molecule has 2 saturated heterocycles. The first-order valence-corrected chi connectivity index (χ1v) is 8.11. The van der Waals surface area contributed by atoms with Gasteiger partial charge in [-0.1, -0.05) is 6.92 Å². The molecule has 3 heteroatoms. The zero-order chi connectivity index (χ0) is 11.2. The van der Waals surface area contributed by atoms with Crippen molar-refractivity contribution in [2.75, 3.05) is 31.1 Å². The summed E-state index contributed by atoms with van der Waals surface area (Å²) < 4.78 is 0. The van der Waals surface area contributed by atoms with Gasteiger partial charge >= 0.3 is 0 Å². The Morgan fingerprint density at radius 2 is 1.81 bits per heavy atom. The van der Waals surface area contributed by atoms with Crippen LogP contribution in [0.3, 0.4) is 0 Å². The minimum Gasteiger partial charge on any atom is -0.314 e. The summed E-state index contributed by atoms with van der Waals surface area (Å²) in [5.41, 5.74) is 0. The van der Waals surface area contributed by atoms with Gasteiger partial charge in [-0.3, -0.25) is 0 Å². The van der Waals surface area contributed by atoms with E-state index >= 15 is 0 Å². The number of piperidine rings is 1. The van der Waals surface area contributed by atoms with Crippen LogP contribution < -0.4 is 5.32 Å². The van der Waals surface area contributed by atoms with Gasteiger partial charge in [0.2, 0.25) is 0 Å². The van der Waals surface area contributed by atoms with Gasteiger partial charge in [-0.15, -0.1) is 0 Å². The Labute approximate surface area is 105 Å². The van der Waals surface area contributed by atoms with E-state index in [0.717, 1.165) is 12.1 Å². The van der Waals surface area contributed by atoms with E-state index in [4.69, 9.17) is 0 Å². The summed E-state index contributed by atoms with van der Waals surface area (Å²) in [5, 5.41) is 3.66. The average molecular weight is 242 g/mol. The van der Waals surface area contributed by atoms with Gasteiger partial charge in [-0.25, -0.2) is 0 Å². The van der Waals surface area contributed by atoms with Gasteiger partial charge in [-0.2, -0.15) is 11.8 Å². The molecule has 0 spiro atoms. The minimum absolute atomic E-state index is 0.800. The Hall–Kier alpha value is 0.270. The second-order valence-electron chi connectivity index (χ2n) is 5.11. The second kappa shape index (κ2) is 6.87. The molecule has 0 aliphatic carbocycles. The first-order chi connectivity index (χ1) is 7.90. The first kappa shape index (κ1) is 12.7. The largest absolute Gasteiger partial charge is 0.314 e. The van der Waals surface area contributed by atoms with Gasteiger partial charge in [0.1, 0.15) is 0 Å². The molecule has 94 valence electrons. The minimum atomic E-state index is 0.800. The molecule has 0 atom stereocenters. The third-order valence-corrected chi connectivity index (χ3v) is 4.97. The quantitative estimate of drug-likeness (QED) is 0.815. The van der Waals surface area contributed by atoms with Crippen LogP contribution in [0.15, 0.2) is 0 Å². The van der Waals surface area contributed by atoms with Crippen LogP contribution in [0.5, 0.6) is 0 Å². The number of nitrogens with one attached hydrogen (secondary N) is 1. The molecule has 0 unspecified atom stereocenters. The van der Waals surface area contributed by atoms with Crippen LogP contribution in [0.25, 0.3) is 0 Å². The molecule has 0 aromatic heterocycles. The molecule has 0 saturated carbocycles. The predicted molar refractivity (Wildman–Crippen MR) is 73.2 cm³/mol. The lowest BCUT2D eigenvalue weighted by Gasteiger charge is -2.39. The van der Waals surface area contributed by atoms with Gasteiger partial charge < -0.3 is 10.2 Å². The smallest absolute Gasteiger partial charge is 0.0111 e. The molecule has 0 amide bonds. The molecular weight excluding hydrogens is 216 g/mol. The van der Waals surface area contributed by atoms with Gasteiger partial charge in [-0.05, 0) is 63.2 Å². The summed E-state index contributed by atoms with van der Waals surface area (Å²) in [4.78, 5) is 2.75. The molecule has 2 nitrogen and oxygen atoms in total. The van der Waals surface area contributed by atoms with Crippen LogP contribution in [0.2, 0.25) is 0 Å². The summed E-state index contributed by atoms with van der Waals surface area (Å²) in [5.74, 6) is 2.78. The highest BCUT2D eigenvalue weighted by Crippen LogP contribution is 2.24. The van der Waals surface area contributed by atoms with E-state index in [9.17, 15) is 0 Å². The maximum atomic E-state index is 3.66. The number of hydrogen-bond donors (Lipinski definition) is 1.